The van der Waals surface area contributed by atoms with Gasteiger partial charge in [0.2, 0.25) is 5.91 Å². The third kappa shape index (κ3) is 3.95. The number of pyridine rings is 1. The zero-order valence-electron chi connectivity index (χ0n) is 16.4. The van der Waals surface area contributed by atoms with E-state index in [0.29, 0.717) is 12.6 Å². The number of aromatic nitrogens is 1. The van der Waals surface area contributed by atoms with Gasteiger partial charge in [0, 0.05) is 42.9 Å². The molecule has 146 valence electrons. The summed E-state index contributed by atoms with van der Waals surface area (Å²) >= 11 is 0. The summed E-state index contributed by atoms with van der Waals surface area (Å²) in [6.07, 6.45) is 5.66. The molecule has 1 aromatic heterocycles. The van der Waals surface area contributed by atoms with E-state index in [1.807, 2.05) is 18.3 Å². The monoisotopic (exact) mass is 377 g/mol. The standard InChI is InChI=1S/C22H27N5O/c1-16-12-19-20(24-14-16)5-2-6-21(19)25-17-7-10-26(11-8-17)15-22(28)27-9-3-4-18(27)13-23/h2,5-6,12,14,17-18,25H,3-4,7-11,15H2,1H3. The summed E-state index contributed by atoms with van der Waals surface area (Å²) in [6.45, 7) is 5.02. The maximum atomic E-state index is 12.5. The number of piperidine rings is 1. The van der Waals surface area contributed by atoms with E-state index in [1.165, 1.54) is 0 Å². The number of nitrogens with one attached hydrogen (secondary N) is 1. The molecule has 0 aliphatic carbocycles. The smallest absolute Gasteiger partial charge is 0.237 e. The van der Waals surface area contributed by atoms with E-state index in [4.69, 9.17) is 0 Å². The quantitative estimate of drug-likeness (QED) is 0.887. The van der Waals surface area contributed by atoms with Crippen molar-refractivity contribution in [2.75, 3.05) is 31.5 Å². The number of amides is 1. The van der Waals surface area contributed by atoms with Crippen LogP contribution >= 0.6 is 0 Å². The van der Waals surface area contributed by atoms with Crippen molar-refractivity contribution in [1.29, 1.82) is 5.26 Å². The molecule has 4 rings (SSSR count). The van der Waals surface area contributed by atoms with Gasteiger partial charge in [-0.25, -0.2) is 0 Å². The highest BCUT2D eigenvalue weighted by atomic mass is 16.2. The number of aryl methyl sites for hydroxylation is 1. The molecule has 28 heavy (non-hydrogen) atoms. The molecule has 6 nitrogen and oxygen atoms in total. The Balaban J connectivity index is 1.33. The van der Waals surface area contributed by atoms with Gasteiger partial charge in [-0.15, -0.1) is 0 Å². The molecule has 0 radical (unpaired) electrons. The van der Waals surface area contributed by atoms with Crippen molar-refractivity contribution in [3.63, 3.8) is 0 Å². The fraction of sp³-hybridized carbons (Fsp3) is 0.500. The number of hydrogen-bond donors (Lipinski definition) is 1. The molecule has 2 saturated heterocycles. The number of fused-ring (bicyclic) bond motifs is 1. The minimum Gasteiger partial charge on any atom is -0.382 e. The van der Waals surface area contributed by atoms with Crippen LogP contribution in [0, 0.1) is 18.3 Å². The van der Waals surface area contributed by atoms with Crippen molar-refractivity contribution in [3.05, 3.63) is 36.0 Å². The highest BCUT2D eigenvalue weighted by Crippen LogP contribution is 2.25. The van der Waals surface area contributed by atoms with Gasteiger partial charge in [-0.3, -0.25) is 14.7 Å². The van der Waals surface area contributed by atoms with E-state index >= 15 is 0 Å². The van der Waals surface area contributed by atoms with Crippen LogP contribution in [-0.4, -0.2) is 59.0 Å². The summed E-state index contributed by atoms with van der Waals surface area (Å²) in [7, 11) is 0. The van der Waals surface area contributed by atoms with Crippen LogP contribution in [0.2, 0.25) is 0 Å². The lowest BCUT2D eigenvalue weighted by Gasteiger charge is -2.33. The van der Waals surface area contributed by atoms with Gasteiger partial charge in [0.15, 0.2) is 0 Å². The number of likely N-dealkylation sites (tertiary alicyclic amines) is 2. The van der Waals surface area contributed by atoms with Crippen LogP contribution in [0.1, 0.15) is 31.2 Å². The number of carbonyl (C=O) groups excluding carboxylic acids is 1. The van der Waals surface area contributed by atoms with Crippen molar-refractivity contribution in [3.8, 4) is 6.07 Å². The highest BCUT2D eigenvalue weighted by Gasteiger charge is 2.30. The lowest BCUT2D eigenvalue weighted by molar-refractivity contribution is -0.132. The average molecular weight is 377 g/mol. The number of benzene rings is 1. The Morgan fingerprint density at radius 1 is 1.29 bits per heavy atom. The van der Waals surface area contributed by atoms with E-state index in [2.05, 4.69) is 40.3 Å². The molecule has 1 unspecified atom stereocenters. The SMILES string of the molecule is Cc1cnc2cccc(NC3CCN(CC(=O)N4CCCC4C#N)CC3)c2c1. The molecule has 3 heterocycles. The third-order valence-corrected chi connectivity index (χ3v) is 5.89. The first-order chi connectivity index (χ1) is 13.6. The molecule has 1 aromatic carbocycles. The summed E-state index contributed by atoms with van der Waals surface area (Å²) in [5.74, 6) is 0.103. The first-order valence-electron chi connectivity index (χ1n) is 10.2. The lowest BCUT2D eigenvalue weighted by Crippen LogP contribution is -2.46. The second-order valence-electron chi connectivity index (χ2n) is 7.95. The normalized spacial score (nSPS) is 21.0. The minimum atomic E-state index is -0.227. The van der Waals surface area contributed by atoms with E-state index < -0.39 is 0 Å². The van der Waals surface area contributed by atoms with Crippen LogP contribution < -0.4 is 5.32 Å². The number of carbonyl (C=O) groups is 1. The molecular formula is C22H27N5O. The van der Waals surface area contributed by atoms with E-state index in [-0.39, 0.29) is 11.9 Å². The van der Waals surface area contributed by atoms with Gasteiger partial charge >= 0.3 is 0 Å². The molecule has 2 aromatic rings. The first-order valence-corrected chi connectivity index (χ1v) is 10.2. The van der Waals surface area contributed by atoms with Crippen LogP contribution in [0.15, 0.2) is 30.5 Å². The Bertz CT molecular complexity index is 897. The predicted octanol–water partition coefficient (Wildman–Crippen LogP) is 2.93. The van der Waals surface area contributed by atoms with E-state index in [1.54, 1.807) is 4.90 Å². The fourth-order valence-electron chi connectivity index (χ4n) is 4.32. The van der Waals surface area contributed by atoms with Gasteiger partial charge in [0.05, 0.1) is 18.1 Å². The van der Waals surface area contributed by atoms with Crippen molar-refractivity contribution >= 4 is 22.5 Å². The van der Waals surface area contributed by atoms with Gasteiger partial charge in [0.25, 0.3) is 0 Å². The van der Waals surface area contributed by atoms with Crippen molar-refractivity contribution in [1.82, 2.24) is 14.8 Å². The number of nitrogens with zero attached hydrogens (tertiary/aromatic N) is 4. The second-order valence-corrected chi connectivity index (χ2v) is 7.95. The molecule has 1 amide bonds. The Kier molecular flexibility index (Phi) is 5.45. The molecule has 0 saturated carbocycles. The summed E-state index contributed by atoms with van der Waals surface area (Å²) in [4.78, 5) is 21.0. The highest BCUT2D eigenvalue weighted by molar-refractivity contribution is 5.91. The second kappa shape index (κ2) is 8.15. The summed E-state index contributed by atoms with van der Waals surface area (Å²) < 4.78 is 0. The van der Waals surface area contributed by atoms with E-state index in [9.17, 15) is 10.1 Å². The Hall–Kier alpha value is -2.65. The molecule has 2 aliphatic rings. The Labute approximate surface area is 166 Å². The van der Waals surface area contributed by atoms with Gasteiger partial charge in [0.1, 0.15) is 6.04 Å². The van der Waals surface area contributed by atoms with Gasteiger partial charge in [-0.2, -0.15) is 5.26 Å². The number of hydrogen-bond acceptors (Lipinski definition) is 5. The molecule has 6 heteroatoms. The molecule has 2 fully saturated rings. The predicted molar refractivity (Wildman–Crippen MR) is 110 cm³/mol. The van der Waals surface area contributed by atoms with Crippen molar-refractivity contribution in [2.24, 2.45) is 0 Å². The summed E-state index contributed by atoms with van der Waals surface area (Å²) in [5.41, 5.74) is 3.31. The Morgan fingerprint density at radius 3 is 2.89 bits per heavy atom. The van der Waals surface area contributed by atoms with Crippen molar-refractivity contribution in [2.45, 2.75) is 44.7 Å². The first kappa shape index (κ1) is 18.7. The zero-order valence-corrected chi connectivity index (χ0v) is 16.4. The fourth-order valence-corrected chi connectivity index (χ4v) is 4.32. The number of rotatable bonds is 4. The summed E-state index contributed by atoms with van der Waals surface area (Å²) in [6, 6.07) is 10.8. The molecule has 1 N–H and O–H groups in total. The molecule has 0 spiro atoms. The lowest BCUT2D eigenvalue weighted by atomic mass is 10.0. The number of nitriles is 1. The summed E-state index contributed by atoms with van der Waals surface area (Å²) in [5, 5.41) is 14.0. The topological polar surface area (TPSA) is 72.3 Å². The molecular weight excluding hydrogens is 350 g/mol. The molecule has 0 bridgehead atoms. The van der Waals surface area contributed by atoms with Gasteiger partial charge in [-0.05, 0) is 56.4 Å². The molecule has 2 aliphatic heterocycles. The molecule has 1 atom stereocenters. The number of anilines is 1. The van der Waals surface area contributed by atoms with Crippen molar-refractivity contribution < 1.29 is 4.79 Å². The van der Waals surface area contributed by atoms with Crippen LogP contribution in [0.3, 0.4) is 0 Å². The Morgan fingerprint density at radius 2 is 2.11 bits per heavy atom. The van der Waals surface area contributed by atoms with Crippen LogP contribution in [-0.2, 0) is 4.79 Å². The van der Waals surface area contributed by atoms with E-state index in [0.717, 1.165) is 67.5 Å². The van der Waals surface area contributed by atoms with Crippen LogP contribution in [0.4, 0.5) is 5.69 Å². The maximum absolute atomic E-state index is 12.5. The van der Waals surface area contributed by atoms with Gasteiger partial charge < -0.3 is 10.2 Å². The van der Waals surface area contributed by atoms with Crippen LogP contribution in [0.25, 0.3) is 10.9 Å². The third-order valence-electron chi connectivity index (χ3n) is 5.89. The minimum absolute atomic E-state index is 0.103. The van der Waals surface area contributed by atoms with Crippen LogP contribution in [0.5, 0.6) is 0 Å². The average Bonchev–Trinajstić information content (AvgIpc) is 3.19. The largest absolute Gasteiger partial charge is 0.382 e. The zero-order chi connectivity index (χ0) is 19.5. The maximum Gasteiger partial charge on any atom is 0.237 e. The van der Waals surface area contributed by atoms with Gasteiger partial charge in [-0.1, -0.05) is 6.07 Å².